The van der Waals surface area contributed by atoms with Crippen molar-refractivity contribution in [3.8, 4) is 5.69 Å². The van der Waals surface area contributed by atoms with Crippen LogP contribution in [0.5, 0.6) is 0 Å². The largest absolute Gasteiger partial charge is 0.345 e. The zero-order chi connectivity index (χ0) is 22.5. The molecule has 0 fully saturated rings. The number of rotatable bonds is 7. The van der Waals surface area contributed by atoms with E-state index in [0.29, 0.717) is 24.3 Å². The molecule has 7 heteroatoms. The quantitative estimate of drug-likeness (QED) is 0.613. The standard InChI is InChI=1S/C24H29N5O2/c1-17-22(18(2)29(26-17)21-9-7-6-8-10-21)15-28(5)16-23(30)25-20-13-11-19(12-14-20)24(31)27(3)4/h6-14H,15-16H2,1-5H3,(H,25,30)/p+1. The number of amides is 2. The number of benzene rings is 2. The number of carbonyl (C=O) groups excluding carboxylic acids is 2. The Balaban J connectivity index is 1.61. The number of hydrogen-bond donors (Lipinski definition) is 2. The van der Waals surface area contributed by atoms with Crippen molar-refractivity contribution >= 4 is 17.5 Å². The van der Waals surface area contributed by atoms with Gasteiger partial charge in [-0.15, -0.1) is 0 Å². The van der Waals surface area contributed by atoms with Crippen molar-refractivity contribution in [2.75, 3.05) is 33.0 Å². The lowest BCUT2D eigenvalue weighted by Gasteiger charge is -2.15. The maximum atomic E-state index is 12.5. The van der Waals surface area contributed by atoms with Gasteiger partial charge in [0.2, 0.25) is 0 Å². The van der Waals surface area contributed by atoms with Crippen molar-refractivity contribution in [3.63, 3.8) is 0 Å². The number of nitrogens with one attached hydrogen (secondary N) is 2. The first-order valence-electron chi connectivity index (χ1n) is 10.3. The number of likely N-dealkylation sites (N-methyl/N-ethyl adjacent to an activating group) is 1. The predicted octanol–water partition coefficient (Wildman–Crippen LogP) is 1.84. The topological polar surface area (TPSA) is 71.7 Å². The van der Waals surface area contributed by atoms with Gasteiger partial charge in [0.25, 0.3) is 11.8 Å². The molecule has 1 unspecified atom stereocenters. The monoisotopic (exact) mass is 420 g/mol. The summed E-state index contributed by atoms with van der Waals surface area (Å²) in [6, 6.07) is 17.0. The zero-order valence-electron chi connectivity index (χ0n) is 18.8. The molecular weight excluding hydrogens is 390 g/mol. The summed E-state index contributed by atoms with van der Waals surface area (Å²) in [7, 11) is 5.42. The van der Waals surface area contributed by atoms with E-state index >= 15 is 0 Å². The van der Waals surface area contributed by atoms with Gasteiger partial charge in [0.1, 0.15) is 6.54 Å². The highest BCUT2D eigenvalue weighted by atomic mass is 16.2. The number of hydrogen-bond acceptors (Lipinski definition) is 3. The van der Waals surface area contributed by atoms with Crippen molar-refractivity contribution in [1.82, 2.24) is 14.7 Å². The molecule has 162 valence electrons. The first-order chi connectivity index (χ1) is 14.8. The molecule has 0 radical (unpaired) electrons. The van der Waals surface area contributed by atoms with E-state index in [0.717, 1.165) is 27.5 Å². The fourth-order valence-corrected chi connectivity index (χ4v) is 3.55. The molecule has 0 aliphatic carbocycles. The molecule has 1 aromatic heterocycles. The fourth-order valence-electron chi connectivity index (χ4n) is 3.55. The molecule has 2 N–H and O–H groups in total. The van der Waals surface area contributed by atoms with Crippen LogP contribution in [-0.4, -0.2) is 54.2 Å². The SMILES string of the molecule is Cc1nn(-c2ccccc2)c(C)c1C[NH+](C)CC(=O)Nc1ccc(C(=O)N(C)C)cc1. The molecule has 0 saturated heterocycles. The van der Waals surface area contributed by atoms with Crippen LogP contribution in [-0.2, 0) is 11.3 Å². The van der Waals surface area contributed by atoms with E-state index in [9.17, 15) is 9.59 Å². The number of nitrogens with zero attached hydrogens (tertiary/aromatic N) is 3. The summed E-state index contributed by atoms with van der Waals surface area (Å²) in [5.74, 6) is -0.140. The predicted molar refractivity (Wildman–Crippen MR) is 122 cm³/mol. The number of carbonyl (C=O) groups is 2. The number of anilines is 1. The van der Waals surface area contributed by atoms with Crippen molar-refractivity contribution in [2.45, 2.75) is 20.4 Å². The minimum atomic E-state index is -0.0741. The van der Waals surface area contributed by atoms with Gasteiger partial charge in [-0.2, -0.15) is 5.10 Å². The minimum Gasteiger partial charge on any atom is -0.345 e. The molecule has 31 heavy (non-hydrogen) atoms. The Bertz CT molecular complexity index is 1060. The number of quaternary nitrogens is 1. The smallest absolute Gasteiger partial charge is 0.279 e. The van der Waals surface area contributed by atoms with E-state index in [1.165, 1.54) is 4.90 Å². The maximum Gasteiger partial charge on any atom is 0.279 e. The Morgan fingerprint density at radius 3 is 2.29 bits per heavy atom. The molecule has 2 aromatic carbocycles. The Hall–Kier alpha value is -3.45. The lowest BCUT2D eigenvalue weighted by Crippen LogP contribution is -3.08. The zero-order valence-corrected chi connectivity index (χ0v) is 18.8. The van der Waals surface area contributed by atoms with Gasteiger partial charge in [0, 0.05) is 25.3 Å². The van der Waals surface area contributed by atoms with Crippen LogP contribution in [0.25, 0.3) is 5.69 Å². The third-order valence-corrected chi connectivity index (χ3v) is 5.20. The highest BCUT2D eigenvalue weighted by Crippen LogP contribution is 2.17. The van der Waals surface area contributed by atoms with Gasteiger partial charge in [-0.25, -0.2) is 4.68 Å². The number of aromatic nitrogens is 2. The fraction of sp³-hybridized carbons (Fsp3) is 0.292. The molecule has 1 heterocycles. The van der Waals surface area contributed by atoms with Gasteiger partial charge in [-0.3, -0.25) is 9.59 Å². The summed E-state index contributed by atoms with van der Waals surface area (Å²) in [5.41, 5.74) is 5.51. The van der Waals surface area contributed by atoms with E-state index in [-0.39, 0.29) is 11.8 Å². The van der Waals surface area contributed by atoms with E-state index in [4.69, 9.17) is 0 Å². The van der Waals surface area contributed by atoms with Crippen molar-refractivity contribution in [1.29, 1.82) is 0 Å². The molecule has 1 atom stereocenters. The van der Waals surface area contributed by atoms with Crippen molar-refractivity contribution < 1.29 is 14.5 Å². The average molecular weight is 421 g/mol. The Morgan fingerprint density at radius 1 is 1.03 bits per heavy atom. The Morgan fingerprint density at radius 2 is 1.68 bits per heavy atom. The lowest BCUT2D eigenvalue weighted by atomic mass is 10.2. The van der Waals surface area contributed by atoms with Crippen LogP contribution >= 0.6 is 0 Å². The molecular formula is C24H30N5O2+. The highest BCUT2D eigenvalue weighted by molar-refractivity contribution is 5.95. The second-order valence-electron chi connectivity index (χ2n) is 8.03. The second-order valence-corrected chi connectivity index (χ2v) is 8.03. The first kappa shape index (κ1) is 22.2. The van der Waals surface area contributed by atoms with Crippen molar-refractivity contribution in [2.24, 2.45) is 0 Å². The summed E-state index contributed by atoms with van der Waals surface area (Å²) in [6.07, 6.45) is 0. The van der Waals surface area contributed by atoms with Gasteiger partial charge in [-0.05, 0) is 50.2 Å². The van der Waals surface area contributed by atoms with Crippen LogP contribution in [0, 0.1) is 13.8 Å². The van der Waals surface area contributed by atoms with Gasteiger partial charge in [0.15, 0.2) is 6.54 Å². The van der Waals surface area contributed by atoms with E-state index in [2.05, 4.69) is 17.3 Å². The van der Waals surface area contributed by atoms with Gasteiger partial charge >= 0.3 is 0 Å². The summed E-state index contributed by atoms with van der Waals surface area (Å²) in [5, 5.41) is 7.60. The normalized spacial score (nSPS) is 11.8. The van der Waals surface area contributed by atoms with E-state index in [1.807, 2.05) is 49.0 Å². The van der Waals surface area contributed by atoms with Gasteiger partial charge in [0.05, 0.1) is 29.7 Å². The number of aryl methyl sites for hydroxylation is 1. The molecule has 7 nitrogen and oxygen atoms in total. The van der Waals surface area contributed by atoms with Crippen LogP contribution in [0.15, 0.2) is 54.6 Å². The van der Waals surface area contributed by atoms with E-state index < -0.39 is 0 Å². The lowest BCUT2D eigenvalue weighted by molar-refractivity contribution is -0.885. The summed E-state index contributed by atoms with van der Waals surface area (Å²) < 4.78 is 1.95. The minimum absolute atomic E-state index is 0.0659. The van der Waals surface area contributed by atoms with Crippen LogP contribution in [0.4, 0.5) is 5.69 Å². The molecule has 3 rings (SSSR count). The average Bonchev–Trinajstić information content (AvgIpc) is 3.02. The van der Waals surface area contributed by atoms with Crippen LogP contribution in [0.3, 0.4) is 0 Å². The maximum absolute atomic E-state index is 12.5. The molecule has 0 aliphatic heterocycles. The Kier molecular flexibility index (Phi) is 6.87. The molecule has 0 aliphatic rings. The third-order valence-electron chi connectivity index (χ3n) is 5.20. The Labute approximate surface area is 183 Å². The van der Waals surface area contributed by atoms with Crippen LogP contribution < -0.4 is 10.2 Å². The highest BCUT2D eigenvalue weighted by Gasteiger charge is 2.18. The van der Waals surface area contributed by atoms with E-state index in [1.54, 1.807) is 38.4 Å². The molecule has 0 saturated carbocycles. The molecule has 3 aromatic rings. The number of para-hydroxylation sites is 1. The summed E-state index contributed by atoms with van der Waals surface area (Å²) >= 11 is 0. The van der Waals surface area contributed by atoms with Crippen LogP contribution in [0.1, 0.15) is 27.3 Å². The van der Waals surface area contributed by atoms with Gasteiger partial charge < -0.3 is 15.1 Å². The third kappa shape index (κ3) is 5.38. The summed E-state index contributed by atoms with van der Waals surface area (Å²) in [4.78, 5) is 27.1. The van der Waals surface area contributed by atoms with Crippen molar-refractivity contribution in [3.05, 3.63) is 77.1 Å². The van der Waals surface area contributed by atoms with Crippen LogP contribution in [0.2, 0.25) is 0 Å². The molecule has 2 amide bonds. The van der Waals surface area contributed by atoms with Gasteiger partial charge in [-0.1, -0.05) is 18.2 Å². The summed E-state index contributed by atoms with van der Waals surface area (Å²) in [6.45, 7) is 5.10. The first-order valence-corrected chi connectivity index (χ1v) is 10.3. The molecule has 0 spiro atoms. The second kappa shape index (κ2) is 9.57. The molecule has 0 bridgehead atoms.